The van der Waals surface area contributed by atoms with Gasteiger partial charge < -0.3 is 19.5 Å². The van der Waals surface area contributed by atoms with Crippen molar-refractivity contribution < 1.29 is 24.2 Å². The lowest BCUT2D eigenvalue weighted by molar-refractivity contribution is -0.163. The first-order chi connectivity index (χ1) is 8.28. The van der Waals surface area contributed by atoms with Crippen molar-refractivity contribution in [3.05, 3.63) is 0 Å². The minimum atomic E-state index is -0.902. The molecule has 0 atom stereocenters. The third-order valence-corrected chi connectivity index (χ3v) is 2.57. The zero-order valence-electron chi connectivity index (χ0n) is 11.1. The fourth-order valence-electron chi connectivity index (χ4n) is 1.77. The normalized spacial score (nSPS) is 17.6. The van der Waals surface area contributed by atoms with Crippen LogP contribution in [0.1, 0.15) is 33.6 Å². The predicted molar refractivity (Wildman–Crippen MR) is 64.4 cm³/mol. The highest BCUT2D eigenvalue weighted by molar-refractivity contribution is 5.71. The van der Waals surface area contributed by atoms with Gasteiger partial charge in [-0.2, -0.15) is 0 Å². The third-order valence-electron chi connectivity index (χ3n) is 2.57. The van der Waals surface area contributed by atoms with Crippen LogP contribution in [0.5, 0.6) is 0 Å². The first-order valence-corrected chi connectivity index (χ1v) is 6.09. The molecule has 1 N–H and O–H groups in total. The maximum atomic E-state index is 11.4. The summed E-state index contributed by atoms with van der Waals surface area (Å²) in [5, 5.41) is 8.78. The maximum Gasteiger partial charge on any atom is 0.407 e. The van der Waals surface area contributed by atoms with Crippen LogP contribution in [0, 0.1) is 0 Å². The number of carboxylic acid groups (broad SMARTS) is 1. The Morgan fingerprint density at radius 2 is 1.83 bits per heavy atom. The number of amides is 1. The number of piperidine rings is 1. The molecule has 6 heteroatoms. The molecule has 0 aromatic carbocycles. The van der Waals surface area contributed by atoms with Gasteiger partial charge in [-0.25, -0.2) is 9.59 Å². The molecule has 1 aliphatic rings. The van der Waals surface area contributed by atoms with Crippen molar-refractivity contribution in [3.8, 4) is 0 Å². The van der Waals surface area contributed by atoms with E-state index in [9.17, 15) is 9.59 Å². The molecule has 1 aliphatic heterocycles. The van der Waals surface area contributed by atoms with Crippen molar-refractivity contribution >= 4 is 12.1 Å². The summed E-state index contributed by atoms with van der Waals surface area (Å²) in [7, 11) is 0. The number of carbonyl (C=O) groups is 2. The minimum absolute atomic E-state index is 0.0619. The molecule has 0 aromatic heterocycles. The Bertz CT molecular complexity index is 302. The van der Waals surface area contributed by atoms with Crippen molar-refractivity contribution in [2.75, 3.05) is 19.7 Å². The van der Waals surface area contributed by atoms with Crippen LogP contribution in [0.4, 0.5) is 4.79 Å². The number of likely N-dealkylation sites (tertiary alicyclic amines) is 1. The average Bonchev–Trinajstić information content (AvgIpc) is 2.24. The van der Waals surface area contributed by atoms with E-state index in [1.165, 1.54) is 4.90 Å². The molecule has 1 amide bonds. The number of hydrogen-bond donors (Lipinski definition) is 1. The van der Waals surface area contributed by atoms with Crippen LogP contribution in [-0.2, 0) is 14.3 Å². The molecule has 0 aromatic rings. The maximum absolute atomic E-state index is 11.4. The van der Waals surface area contributed by atoms with E-state index in [0.717, 1.165) is 0 Å². The molecule has 104 valence electrons. The average molecular weight is 259 g/mol. The van der Waals surface area contributed by atoms with Gasteiger partial charge in [0, 0.05) is 13.1 Å². The first-order valence-electron chi connectivity index (χ1n) is 6.09. The lowest BCUT2D eigenvalue weighted by atomic mass is 10.1. The van der Waals surface area contributed by atoms with E-state index in [-0.39, 0.29) is 18.7 Å². The van der Waals surface area contributed by atoms with Crippen LogP contribution in [0.3, 0.4) is 0 Å². The molecule has 0 saturated carbocycles. The predicted octanol–water partition coefficient (Wildman–Crippen LogP) is 1.49. The second-order valence-corrected chi connectivity index (χ2v) is 5.37. The summed E-state index contributed by atoms with van der Waals surface area (Å²) in [6, 6.07) is 0. The van der Waals surface area contributed by atoms with Crippen LogP contribution >= 0.6 is 0 Å². The van der Waals surface area contributed by atoms with E-state index in [1.54, 1.807) is 20.8 Å². The van der Waals surface area contributed by atoms with E-state index < -0.39 is 11.7 Å². The molecular weight excluding hydrogens is 238 g/mol. The van der Waals surface area contributed by atoms with Gasteiger partial charge in [-0.1, -0.05) is 0 Å². The third kappa shape index (κ3) is 5.35. The number of nitrogens with zero attached hydrogens (tertiary/aromatic N) is 1. The van der Waals surface area contributed by atoms with E-state index >= 15 is 0 Å². The first kappa shape index (κ1) is 14.8. The molecule has 0 bridgehead atoms. The van der Waals surface area contributed by atoms with Gasteiger partial charge in [0.15, 0.2) is 0 Å². The van der Waals surface area contributed by atoms with E-state index in [0.29, 0.717) is 25.9 Å². The fraction of sp³-hybridized carbons (Fsp3) is 0.833. The van der Waals surface area contributed by atoms with Gasteiger partial charge in [0.05, 0.1) is 6.10 Å². The molecule has 0 radical (unpaired) electrons. The summed E-state index contributed by atoms with van der Waals surface area (Å²) in [5.41, 5.74) is -0.507. The van der Waals surface area contributed by atoms with Gasteiger partial charge in [0.1, 0.15) is 12.2 Å². The Kier molecular flexibility index (Phi) is 4.95. The molecule has 0 unspecified atom stereocenters. The van der Waals surface area contributed by atoms with Gasteiger partial charge in [0.2, 0.25) is 0 Å². The Morgan fingerprint density at radius 3 is 2.28 bits per heavy atom. The van der Waals surface area contributed by atoms with Gasteiger partial charge in [0.25, 0.3) is 0 Å². The molecule has 1 saturated heterocycles. The standard InChI is InChI=1S/C12H21NO5/c1-12(2,3)18-10(14)8-17-9-4-6-13(7-5-9)11(15)16/h9H,4-8H2,1-3H3,(H,15,16). The summed E-state index contributed by atoms with van der Waals surface area (Å²) in [5.74, 6) is -0.386. The van der Waals surface area contributed by atoms with Crippen LogP contribution in [0.25, 0.3) is 0 Å². The number of ether oxygens (including phenoxy) is 2. The van der Waals surface area contributed by atoms with Crippen LogP contribution in [0.15, 0.2) is 0 Å². The van der Waals surface area contributed by atoms with Crippen molar-refractivity contribution in [1.29, 1.82) is 0 Å². The number of esters is 1. The Hall–Kier alpha value is -1.30. The monoisotopic (exact) mass is 259 g/mol. The zero-order valence-corrected chi connectivity index (χ0v) is 11.1. The lowest BCUT2D eigenvalue weighted by Gasteiger charge is -2.30. The van der Waals surface area contributed by atoms with Crippen molar-refractivity contribution in [1.82, 2.24) is 4.90 Å². The molecule has 18 heavy (non-hydrogen) atoms. The molecule has 1 heterocycles. The van der Waals surface area contributed by atoms with E-state index in [1.807, 2.05) is 0 Å². The summed E-state index contributed by atoms with van der Waals surface area (Å²) < 4.78 is 10.5. The smallest absolute Gasteiger partial charge is 0.407 e. The molecular formula is C12H21NO5. The highest BCUT2D eigenvalue weighted by Gasteiger charge is 2.24. The molecule has 6 nitrogen and oxygen atoms in total. The van der Waals surface area contributed by atoms with Gasteiger partial charge >= 0.3 is 12.1 Å². The lowest BCUT2D eigenvalue weighted by Crippen LogP contribution is -2.40. The summed E-state index contributed by atoms with van der Waals surface area (Å²) in [4.78, 5) is 23.5. The Labute approximate surface area is 107 Å². The van der Waals surface area contributed by atoms with E-state index in [4.69, 9.17) is 14.6 Å². The minimum Gasteiger partial charge on any atom is -0.465 e. The Balaban J connectivity index is 2.22. The van der Waals surface area contributed by atoms with Crippen molar-refractivity contribution in [2.45, 2.75) is 45.3 Å². The topological polar surface area (TPSA) is 76.1 Å². The second kappa shape index (κ2) is 6.04. The van der Waals surface area contributed by atoms with E-state index in [2.05, 4.69) is 0 Å². The van der Waals surface area contributed by atoms with Crippen LogP contribution in [-0.4, -0.2) is 53.5 Å². The fourth-order valence-corrected chi connectivity index (χ4v) is 1.77. The Morgan fingerprint density at radius 1 is 1.28 bits per heavy atom. The molecule has 0 spiro atoms. The molecule has 0 aliphatic carbocycles. The SMILES string of the molecule is CC(C)(C)OC(=O)COC1CCN(C(=O)O)CC1. The zero-order chi connectivity index (χ0) is 13.8. The van der Waals surface area contributed by atoms with Gasteiger partial charge in [-0.05, 0) is 33.6 Å². The largest absolute Gasteiger partial charge is 0.465 e. The van der Waals surface area contributed by atoms with Crippen molar-refractivity contribution in [3.63, 3.8) is 0 Å². The van der Waals surface area contributed by atoms with Gasteiger partial charge in [-0.3, -0.25) is 0 Å². The summed E-state index contributed by atoms with van der Waals surface area (Å²) in [6.45, 7) is 6.24. The highest BCUT2D eigenvalue weighted by Crippen LogP contribution is 2.14. The number of hydrogen-bond acceptors (Lipinski definition) is 4. The second-order valence-electron chi connectivity index (χ2n) is 5.37. The molecule has 1 fully saturated rings. The highest BCUT2D eigenvalue weighted by atomic mass is 16.6. The van der Waals surface area contributed by atoms with Crippen LogP contribution < -0.4 is 0 Å². The van der Waals surface area contributed by atoms with Gasteiger partial charge in [-0.15, -0.1) is 0 Å². The van der Waals surface area contributed by atoms with Crippen molar-refractivity contribution in [2.24, 2.45) is 0 Å². The summed E-state index contributed by atoms with van der Waals surface area (Å²) >= 11 is 0. The number of carbonyl (C=O) groups excluding carboxylic acids is 1. The quantitative estimate of drug-likeness (QED) is 0.777. The molecule has 1 rings (SSSR count). The van der Waals surface area contributed by atoms with Crippen LogP contribution in [0.2, 0.25) is 0 Å². The summed E-state index contributed by atoms with van der Waals surface area (Å²) in [6.07, 6.45) is 0.276. The number of rotatable bonds is 3.